The average Bonchev–Trinajstić information content (AvgIpc) is 3.49. The normalized spacial score (nSPS) is 13.4. The van der Waals surface area contributed by atoms with E-state index in [2.05, 4.69) is 247 Å². The molecule has 1 aliphatic carbocycles. The van der Waals surface area contributed by atoms with E-state index in [-0.39, 0.29) is 16.2 Å². The van der Waals surface area contributed by atoms with E-state index in [0.29, 0.717) is 0 Å². The number of anilines is 6. The molecule has 0 atom stereocenters. The lowest BCUT2D eigenvalue weighted by Gasteiger charge is -2.32. The Morgan fingerprint density at radius 1 is 0.344 bits per heavy atom. The fourth-order valence-corrected chi connectivity index (χ4v) is 10.1. The van der Waals surface area contributed by atoms with Crippen molar-refractivity contribution in [3.05, 3.63) is 204 Å². The lowest BCUT2D eigenvalue weighted by Crippen LogP contribution is -2.18. The molecular weight excluding hydrogens is 737 g/mol. The molecule has 0 aliphatic heterocycles. The molecule has 0 spiro atoms. The lowest BCUT2D eigenvalue weighted by atomic mass is 9.81. The topological polar surface area (TPSA) is 6.48 Å². The molecule has 0 amide bonds. The zero-order chi connectivity index (χ0) is 42.3. The zero-order valence-electron chi connectivity index (χ0n) is 36.7. The highest BCUT2D eigenvalue weighted by atomic mass is 15.2. The SMILES string of the molecule is CC(C)(C)c1ccc(N(c2ccccc2)c2ccc3c(c2)C(C)(C)c2cc(N(c4ccccc4)c4ccc(C(C)(C)C)c5ccccc45)c4ccccc4c2-3)c2ccccc12. The first-order valence-corrected chi connectivity index (χ1v) is 21.8. The quantitative estimate of drug-likeness (QED) is 0.166. The van der Waals surface area contributed by atoms with Gasteiger partial charge in [-0.05, 0) is 115 Å². The van der Waals surface area contributed by atoms with Crippen molar-refractivity contribution in [1.29, 1.82) is 0 Å². The summed E-state index contributed by atoms with van der Waals surface area (Å²) in [6.07, 6.45) is 0. The van der Waals surface area contributed by atoms with E-state index in [9.17, 15) is 0 Å². The van der Waals surface area contributed by atoms with Crippen LogP contribution in [-0.4, -0.2) is 0 Å². The molecule has 61 heavy (non-hydrogen) atoms. The predicted molar refractivity (Wildman–Crippen MR) is 263 cm³/mol. The van der Waals surface area contributed by atoms with Gasteiger partial charge in [0.05, 0.1) is 17.1 Å². The van der Waals surface area contributed by atoms with E-state index in [1.54, 1.807) is 0 Å². The molecule has 0 aromatic heterocycles. The molecule has 0 radical (unpaired) electrons. The van der Waals surface area contributed by atoms with E-state index in [1.807, 2.05) is 0 Å². The Morgan fingerprint density at radius 3 is 1.28 bits per heavy atom. The molecule has 0 N–H and O–H groups in total. The van der Waals surface area contributed by atoms with Crippen LogP contribution in [0.2, 0.25) is 0 Å². The minimum Gasteiger partial charge on any atom is -0.310 e. The van der Waals surface area contributed by atoms with Gasteiger partial charge < -0.3 is 9.80 Å². The second-order valence-corrected chi connectivity index (χ2v) is 19.4. The molecule has 1 aliphatic rings. The van der Waals surface area contributed by atoms with Crippen molar-refractivity contribution in [3.63, 3.8) is 0 Å². The number of benzene rings is 9. The van der Waals surface area contributed by atoms with Crippen molar-refractivity contribution in [2.24, 2.45) is 0 Å². The zero-order valence-corrected chi connectivity index (χ0v) is 36.7. The first-order chi connectivity index (χ1) is 29.3. The largest absolute Gasteiger partial charge is 0.310 e. The van der Waals surface area contributed by atoms with Crippen LogP contribution < -0.4 is 9.80 Å². The van der Waals surface area contributed by atoms with Gasteiger partial charge in [0, 0.05) is 38.6 Å². The maximum Gasteiger partial charge on any atom is 0.0543 e. The highest BCUT2D eigenvalue weighted by Gasteiger charge is 2.39. The van der Waals surface area contributed by atoms with E-state index in [1.165, 1.54) is 82.8 Å². The highest BCUT2D eigenvalue weighted by molar-refractivity contribution is 6.12. The summed E-state index contributed by atoms with van der Waals surface area (Å²) in [6, 6.07) is 67.8. The van der Waals surface area contributed by atoms with Gasteiger partial charge in [-0.1, -0.05) is 183 Å². The second-order valence-electron chi connectivity index (χ2n) is 19.4. The summed E-state index contributed by atoms with van der Waals surface area (Å²) in [5.74, 6) is 0. The molecule has 0 saturated carbocycles. The summed E-state index contributed by atoms with van der Waals surface area (Å²) in [5, 5.41) is 7.60. The van der Waals surface area contributed by atoms with Crippen LogP contribution in [0, 0.1) is 0 Å². The van der Waals surface area contributed by atoms with Crippen molar-refractivity contribution < 1.29 is 0 Å². The smallest absolute Gasteiger partial charge is 0.0543 e. The first-order valence-electron chi connectivity index (χ1n) is 21.8. The summed E-state index contributed by atoms with van der Waals surface area (Å²) >= 11 is 0. The number of hydrogen-bond acceptors (Lipinski definition) is 2. The average molecular weight is 791 g/mol. The van der Waals surface area contributed by atoms with Gasteiger partial charge in [0.2, 0.25) is 0 Å². The van der Waals surface area contributed by atoms with Gasteiger partial charge in [-0.15, -0.1) is 0 Å². The van der Waals surface area contributed by atoms with Crippen LogP contribution in [0.5, 0.6) is 0 Å². The van der Waals surface area contributed by atoms with Gasteiger partial charge in [0.1, 0.15) is 0 Å². The summed E-state index contributed by atoms with van der Waals surface area (Å²) in [4.78, 5) is 4.96. The standard InChI is InChI=1S/C59H54N2/c1-57(2,3)49-33-35-53(44-27-17-15-25-42(44)49)60(39-21-11-9-12-22-39)41-31-32-48-51(37-41)59(7,8)52-38-55(46-29-19-20-30-47(46)56(48)52)61(40-23-13-10-14-24-40)54-36-34-50(58(4,5)6)43-26-16-18-28-45(43)54/h9-38H,1-8H3. The van der Waals surface area contributed by atoms with Crippen LogP contribution in [0.15, 0.2) is 182 Å². The van der Waals surface area contributed by atoms with Crippen LogP contribution in [0.25, 0.3) is 43.4 Å². The molecule has 300 valence electrons. The Labute approximate surface area is 361 Å². The van der Waals surface area contributed by atoms with Crippen molar-refractivity contribution in [2.75, 3.05) is 9.80 Å². The van der Waals surface area contributed by atoms with Crippen molar-refractivity contribution in [1.82, 2.24) is 0 Å². The van der Waals surface area contributed by atoms with Crippen molar-refractivity contribution in [3.8, 4) is 11.1 Å². The van der Waals surface area contributed by atoms with Crippen LogP contribution in [0.3, 0.4) is 0 Å². The summed E-state index contributed by atoms with van der Waals surface area (Å²) in [5.41, 5.74) is 14.7. The van der Waals surface area contributed by atoms with E-state index < -0.39 is 0 Å². The molecule has 2 heteroatoms. The molecular formula is C59H54N2. The van der Waals surface area contributed by atoms with Gasteiger partial charge in [-0.25, -0.2) is 0 Å². The molecule has 0 unspecified atom stereocenters. The molecule has 10 rings (SSSR count). The first kappa shape index (κ1) is 38.6. The molecule has 0 fully saturated rings. The number of fused-ring (bicyclic) bond motifs is 7. The molecule has 0 bridgehead atoms. The number of para-hydroxylation sites is 2. The van der Waals surface area contributed by atoms with Crippen LogP contribution >= 0.6 is 0 Å². The van der Waals surface area contributed by atoms with E-state index >= 15 is 0 Å². The van der Waals surface area contributed by atoms with Crippen LogP contribution in [0.1, 0.15) is 77.6 Å². The van der Waals surface area contributed by atoms with Gasteiger partial charge in [0.25, 0.3) is 0 Å². The predicted octanol–water partition coefficient (Wildman–Crippen LogP) is 17.0. The molecule has 9 aromatic carbocycles. The van der Waals surface area contributed by atoms with Gasteiger partial charge in [0.15, 0.2) is 0 Å². The second kappa shape index (κ2) is 14.2. The van der Waals surface area contributed by atoms with Gasteiger partial charge in [-0.2, -0.15) is 0 Å². The summed E-state index contributed by atoms with van der Waals surface area (Å²) < 4.78 is 0. The number of hydrogen-bond donors (Lipinski definition) is 0. The highest BCUT2D eigenvalue weighted by Crippen LogP contribution is 2.56. The molecule has 0 heterocycles. The Hall–Kier alpha value is -6.64. The molecule has 0 saturated heterocycles. The fraction of sp³-hybridized carbons (Fsp3) is 0.186. The summed E-state index contributed by atoms with van der Waals surface area (Å²) in [7, 11) is 0. The van der Waals surface area contributed by atoms with Gasteiger partial charge in [-0.3, -0.25) is 0 Å². The maximum atomic E-state index is 2.51. The Balaban J connectivity index is 1.19. The minimum absolute atomic E-state index is 0.00367. The third-order valence-corrected chi connectivity index (χ3v) is 13.1. The fourth-order valence-electron chi connectivity index (χ4n) is 10.1. The van der Waals surface area contributed by atoms with E-state index in [4.69, 9.17) is 0 Å². The minimum atomic E-state index is -0.291. The maximum absolute atomic E-state index is 2.51. The van der Waals surface area contributed by atoms with Crippen LogP contribution in [-0.2, 0) is 16.2 Å². The Bertz CT molecular complexity index is 3120. The Morgan fingerprint density at radius 2 is 0.770 bits per heavy atom. The third-order valence-electron chi connectivity index (χ3n) is 13.1. The molecule has 9 aromatic rings. The van der Waals surface area contributed by atoms with Gasteiger partial charge >= 0.3 is 0 Å². The Kier molecular flexibility index (Phi) is 9.00. The summed E-state index contributed by atoms with van der Waals surface area (Å²) in [6.45, 7) is 18.7. The number of rotatable bonds is 6. The monoisotopic (exact) mass is 790 g/mol. The third kappa shape index (κ3) is 6.31. The molecule has 2 nitrogen and oxygen atoms in total. The van der Waals surface area contributed by atoms with E-state index in [0.717, 1.165) is 17.1 Å². The number of nitrogens with zero attached hydrogens (tertiary/aromatic N) is 2. The van der Waals surface area contributed by atoms with Crippen molar-refractivity contribution >= 4 is 66.4 Å². The van der Waals surface area contributed by atoms with Crippen LogP contribution in [0.4, 0.5) is 34.1 Å². The van der Waals surface area contributed by atoms with Crippen molar-refractivity contribution in [2.45, 2.75) is 71.6 Å². The lowest BCUT2D eigenvalue weighted by molar-refractivity contribution is 0.595.